The number of nitrogens with zero attached hydrogens (tertiary/aromatic N) is 4. The molecular weight excluding hydrogens is 272 g/mol. The maximum atomic E-state index is 5.83. The first-order chi connectivity index (χ1) is 10.1. The first-order valence-corrected chi connectivity index (χ1v) is 6.67. The summed E-state index contributed by atoms with van der Waals surface area (Å²) in [7, 11) is 1.68. The molecule has 1 aromatic carbocycles. The molecule has 0 saturated carbocycles. The number of hydrogen-bond acceptors (Lipinski definition) is 7. The van der Waals surface area contributed by atoms with E-state index in [1.165, 1.54) is 0 Å². The Morgan fingerprint density at radius 2 is 2.10 bits per heavy atom. The molecule has 112 valence electrons. The number of rotatable bonds is 4. The molecule has 1 aliphatic heterocycles. The molecule has 3 rings (SSSR count). The molecule has 0 radical (unpaired) electrons. The summed E-state index contributed by atoms with van der Waals surface area (Å²) in [6.45, 7) is 1.72. The van der Waals surface area contributed by atoms with Crippen molar-refractivity contribution in [2.75, 3.05) is 31.8 Å². The average Bonchev–Trinajstić information content (AvgIpc) is 3.08. The Hall–Kier alpha value is -2.19. The largest absolute Gasteiger partial charge is 0.399 e. The molecule has 0 amide bonds. The number of benzene rings is 1. The normalized spacial score (nSPS) is 21.8. The van der Waals surface area contributed by atoms with Crippen LogP contribution in [0.4, 0.5) is 11.4 Å². The van der Waals surface area contributed by atoms with E-state index in [1.54, 1.807) is 30.0 Å². The van der Waals surface area contributed by atoms with E-state index in [9.17, 15) is 0 Å². The summed E-state index contributed by atoms with van der Waals surface area (Å²) in [6.07, 6.45) is 0.807. The predicted molar refractivity (Wildman–Crippen MR) is 77.3 cm³/mol. The summed E-state index contributed by atoms with van der Waals surface area (Å²) in [5.41, 5.74) is 13.2. The van der Waals surface area contributed by atoms with Crippen molar-refractivity contribution in [3.63, 3.8) is 0 Å². The summed E-state index contributed by atoms with van der Waals surface area (Å²) < 4.78 is 12.8. The summed E-state index contributed by atoms with van der Waals surface area (Å²) in [5.74, 6) is 0.609. The number of ether oxygens (including phenoxy) is 2. The second-order valence-electron chi connectivity index (χ2n) is 5.24. The topological polar surface area (TPSA) is 114 Å². The Labute approximate surface area is 122 Å². The third kappa shape index (κ3) is 2.67. The highest BCUT2D eigenvalue weighted by molar-refractivity contribution is 5.67. The second-order valence-corrected chi connectivity index (χ2v) is 5.24. The molecule has 1 atom stereocenters. The van der Waals surface area contributed by atoms with Gasteiger partial charge >= 0.3 is 0 Å². The summed E-state index contributed by atoms with van der Waals surface area (Å²) >= 11 is 0. The van der Waals surface area contributed by atoms with Gasteiger partial charge in [0.05, 0.1) is 13.2 Å². The van der Waals surface area contributed by atoms with Crippen molar-refractivity contribution in [2.45, 2.75) is 18.6 Å². The van der Waals surface area contributed by atoms with Crippen molar-refractivity contribution in [1.29, 1.82) is 0 Å². The Morgan fingerprint density at radius 1 is 1.33 bits per heavy atom. The van der Waals surface area contributed by atoms with E-state index < -0.39 is 5.60 Å². The number of nitrogens with two attached hydrogens (primary N) is 2. The Balaban J connectivity index is 1.93. The number of tetrazole rings is 1. The maximum Gasteiger partial charge on any atom is 0.182 e. The van der Waals surface area contributed by atoms with Crippen molar-refractivity contribution < 1.29 is 9.47 Å². The van der Waals surface area contributed by atoms with Crippen LogP contribution in [-0.2, 0) is 16.0 Å². The molecule has 0 aliphatic carbocycles. The lowest BCUT2D eigenvalue weighted by Crippen LogP contribution is -2.37. The standard InChI is InChI=1S/C13H18N6O2/c1-20-13(2-3-21-8-13)7-19-12(16-17-18-19)9-4-10(14)6-11(15)5-9/h4-6H,2-3,7-8,14-15H2,1H3. The lowest BCUT2D eigenvalue weighted by Gasteiger charge is -2.25. The average molecular weight is 290 g/mol. The van der Waals surface area contributed by atoms with E-state index in [-0.39, 0.29) is 0 Å². The zero-order chi connectivity index (χ0) is 14.9. The zero-order valence-electron chi connectivity index (χ0n) is 11.8. The summed E-state index contributed by atoms with van der Waals surface area (Å²) in [6, 6.07) is 5.28. The van der Waals surface area contributed by atoms with Gasteiger partial charge in [0.25, 0.3) is 0 Å². The van der Waals surface area contributed by atoms with E-state index in [1.807, 2.05) is 0 Å². The van der Waals surface area contributed by atoms with Crippen LogP contribution in [0, 0.1) is 0 Å². The predicted octanol–water partition coefficient (Wildman–Crippen LogP) is 0.310. The molecule has 1 fully saturated rings. The van der Waals surface area contributed by atoms with Gasteiger partial charge in [0.15, 0.2) is 5.82 Å². The third-order valence-electron chi connectivity index (χ3n) is 3.71. The molecule has 1 saturated heterocycles. The van der Waals surface area contributed by atoms with Gasteiger partial charge in [-0.15, -0.1) is 5.10 Å². The van der Waals surface area contributed by atoms with Crippen LogP contribution in [0.5, 0.6) is 0 Å². The highest BCUT2D eigenvalue weighted by Gasteiger charge is 2.36. The molecule has 8 nitrogen and oxygen atoms in total. The van der Waals surface area contributed by atoms with Crippen LogP contribution in [0.25, 0.3) is 11.4 Å². The zero-order valence-corrected chi connectivity index (χ0v) is 11.8. The van der Waals surface area contributed by atoms with Gasteiger partial charge in [-0.3, -0.25) is 0 Å². The van der Waals surface area contributed by atoms with Crippen LogP contribution in [0.2, 0.25) is 0 Å². The van der Waals surface area contributed by atoms with Gasteiger partial charge in [0.1, 0.15) is 5.60 Å². The van der Waals surface area contributed by atoms with E-state index in [2.05, 4.69) is 15.5 Å². The molecule has 21 heavy (non-hydrogen) atoms. The molecule has 2 heterocycles. The molecular formula is C13H18N6O2. The Kier molecular flexibility index (Phi) is 3.48. The van der Waals surface area contributed by atoms with Gasteiger partial charge in [-0.25, -0.2) is 4.68 Å². The summed E-state index contributed by atoms with van der Waals surface area (Å²) in [5, 5.41) is 11.9. The van der Waals surface area contributed by atoms with Crippen LogP contribution in [0.3, 0.4) is 0 Å². The van der Waals surface area contributed by atoms with Crippen molar-refractivity contribution in [3.05, 3.63) is 18.2 Å². The van der Waals surface area contributed by atoms with Gasteiger partial charge in [-0.2, -0.15) is 0 Å². The van der Waals surface area contributed by atoms with Crippen LogP contribution >= 0.6 is 0 Å². The molecule has 2 aromatic rings. The minimum absolute atomic E-state index is 0.393. The van der Waals surface area contributed by atoms with Crippen LogP contribution in [0.15, 0.2) is 18.2 Å². The molecule has 8 heteroatoms. The van der Waals surface area contributed by atoms with Crippen molar-refractivity contribution in [3.8, 4) is 11.4 Å². The van der Waals surface area contributed by atoms with E-state index in [4.69, 9.17) is 20.9 Å². The smallest absolute Gasteiger partial charge is 0.182 e. The molecule has 0 bridgehead atoms. The minimum atomic E-state index is -0.393. The maximum absolute atomic E-state index is 5.83. The molecule has 1 aromatic heterocycles. The van der Waals surface area contributed by atoms with Gasteiger partial charge in [0, 0.05) is 37.1 Å². The quantitative estimate of drug-likeness (QED) is 0.779. The van der Waals surface area contributed by atoms with Crippen molar-refractivity contribution >= 4 is 11.4 Å². The number of methoxy groups -OCH3 is 1. The number of anilines is 2. The minimum Gasteiger partial charge on any atom is -0.399 e. The Bertz CT molecular complexity index is 615. The Morgan fingerprint density at radius 3 is 2.71 bits per heavy atom. The monoisotopic (exact) mass is 290 g/mol. The first kappa shape index (κ1) is 13.8. The highest BCUT2D eigenvalue weighted by Crippen LogP contribution is 2.27. The molecule has 1 unspecified atom stereocenters. The number of aromatic nitrogens is 4. The van der Waals surface area contributed by atoms with Crippen LogP contribution in [-0.4, -0.2) is 46.1 Å². The summed E-state index contributed by atoms with van der Waals surface area (Å²) in [4.78, 5) is 0. The lowest BCUT2D eigenvalue weighted by atomic mass is 10.0. The number of hydrogen-bond donors (Lipinski definition) is 2. The first-order valence-electron chi connectivity index (χ1n) is 6.67. The number of nitrogen functional groups attached to an aromatic ring is 2. The highest BCUT2D eigenvalue weighted by atomic mass is 16.5. The fourth-order valence-corrected chi connectivity index (χ4v) is 2.54. The molecule has 4 N–H and O–H groups in total. The SMILES string of the molecule is COC1(Cn2nnnc2-c2cc(N)cc(N)c2)CCOC1. The van der Waals surface area contributed by atoms with Gasteiger partial charge in [-0.1, -0.05) is 0 Å². The molecule has 1 aliphatic rings. The second kappa shape index (κ2) is 5.30. The fraction of sp³-hybridized carbons (Fsp3) is 0.462. The van der Waals surface area contributed by atoms with Crippen molar-refractivity contribution in [2.24, 2.45) is 0 Å². The van der Waals surface area contributed by atoms with Gasteiger partial charge < -0.3 is 20.9 Å². The van der Waals surface area contributed by atoms with Crippen LogP contribution in [0.1, 0.15) is 6.42 Å². The van der Waals surface area contributed by atoms with E-state index in [0.717, 1.165) is 12.0 Å². The van der Waals surface area contributed by atoms with E-state index >= 15 is 0 Å². The lowest BCUT2D eigenvalue weighted by molar-refractivity contribution is -0.0317. The third-order valence-corrected chi connectivity index (χ3v) is 3.71. The van der Waals surface area contributed by atoms with Gasteiger partial charge in [0.2, 0.25) is 0 Å². The van der Waals surface area contributed by atoms with Crippen molar-refractivity contribution in [1.82, 2.24) is 20.2 Å². The van der Waals surface area contributed by atoms with Gasteiger partial charge in [-0.05, 0) is 28.6 Å². The van der Waals surface area contributed by atoms with E-state index in [0.29, 0.717) is 37.0 Å². The fourth-order valence-electron chi connectivity index (χ4n) is 2.54. The van der Waals surface area contributed by atoms with Crippen LogP contribution < -0.4 is 11.5 Å². The molecule has 0 spiro atoms.